The third-order valence-electron chi connectivity index (χ3n) is 3.04. The van der Waals surface area contributed by atoms with Gasteiger partial charge in [0, 0.05) is 30.9 Å². The molecule has 2 heterocycles. The molecule has 7 nitrogen and oxygen atoms in total. The number of amides is 1. The van der Waals surface area contributed by atoms with Crippen LogP contribution in [0.15, 0.2) is 22.6 Å². The van der Waals surface area contributed by atoms with Crippen LogP contribution in [0, 0.1) is 5.92 Å². The van der Waals surface area contributed by atoms with Gasteiger partial charge in [0.1, 0.15) is 5.56 Å². The number of carboxylic acid groups (broad SMARTS) is 1. The van der Waals surface area contributed by atoms with E-state index in [0.29, 0.717) is 11.5 Å². The first-order chi connectivity index (χ1) is 10.4. The average Bonchev–Trinajstić information content (AvgIpc) is 2.92. The maximum absolute atomic E-state index is 12.6. The van der Waals surface area contributed by atoms with Gasteiger partial charge in [0.25, 0.3) is 11.5 Å². The van der Waals surface area contributed by atoms with Gasteiger partial charge in [-0.25, -0.2) is 4.98 Å². The first-order valence-electron chi connectivity index (χ1n) is 6.86. The largest absolute Gasteiger partial charge is 0.481 e. The number of aromatic nitrogens is 2. The van der Waals surface area contributed by atoms with Crippen LogP contribution in [0.5, 0.6) is 0 Å². The van der Waals surface area contributed by atoms with E-state index in [1.807, 2.05) is 13.8 Å². The Balaban J connectivity index is 2.32. The molecule has 0 atom stereocenters. The Labute approximate surface area is 130 Å². The normalized spacial score (nSPS) is 11.0. The van der Waals surface area contributed by atoms with E-state index >= 15 is 0 Å². The second kappa shape index (κ2) is 6.69. The van der Waals surface area contributed by atoms with Crippen LogP contribution in [0.3, 0.4) is 0 Å². The van der Waals surface area contributed by atoms with Crippen molar-refractivity contribution in [2.45, 2.75) is 20.3 Å². The number of rotatable bonds is 6. The second-order valence-electron chi connectivity index (χ2n) is 5.32. The van der Waals surface area contributed by atoms with Crippen molar-refractivity contribution in [3.8, 4) is 0 Å². The van der Waals surface area contributed by atoms with Crippen LogP contribution in [0.4, 0.5) is 0 Å². The summed E-state index contributed by atoms with van der Waals surface area (Å²) in [5.41, 5.74) is -0.470. The molecule has 0 saturated heterocycles. The number of carbonyl (C=O) groups is 2. The van der Waals surface area contributed by atoms with Gasteiger partial charge < -0.3 is 10.0 Å². The molecule has 0 aliphatic rings. The van der Waals surface area contributed by atoms with Crippen LogP contribution in [-0.4, -0.2) is 44.4 Å². The minimum absolute atomic E-state index is 0.0399. The fourth-order valence-electron chi connectivity index (χ4n) is 2.09. The maximum atomic E-state index is 12.6. The van der Waals surface area contributed by atoms with Crippen molar-refractivity contribution in [3.63, 3.8) is 0 Å². The lowest BCUT2D eigenvalue weighted by Crippen LogP contribution is -2.39. The average molecular weight is 323 g/mol. The molecule has 0 aromatic carbocycles. The predicted octanol–water partition coefficient (Wildman–Crippen LogP) is 1.33. The summed E-state index contributed by atoms with van der Waals surface area (Å²) in [4.78, 5) is 41.6. The van der Waals surface area contributed by atoms with E-state index in [2.05, 4.69) is 4.98 Å². The Hall–Kier alpha value is -2.22. The number of aliphatic carboxylic acids is 1. The summed E-state index contributed by atoms with van der Waals surface area (Å²) < 4.78 is 1.32. The minimum Gasteiger partial charge on any atom is -0.481 e. The molecule has 8 heteroatoms. The molecule has 0 aliphatic carbocycles. The molecule has 0 fully saturated rings. The summed E-state index contributed by atoms with van der Waals surface area (Å²) in [6, 6.07) is 0. The van der Waals surface area contributed by atoms with E-state index in [-0.39, 0.29) is 24.4 Å². The van der Waals surface area contributed by atoms with Crippen molar-refractivity contribution in [1.29, 1.82) is 0 Å². The van der Waals surface area contributed by atoms with Crippen molar-refractivity contribution >= 4 is 28.2 Å². The molecule has 2 aromatic rings. The second-order valence-corrected chi connectivity index (χ2v) is 6.19. The lowest BCUT2D eigenvalue weighted by atomic mass is 10.1. The SMILES string of the molecule is CC(C)CN(CCC(=O)O)C(=O)c1cnc2sccn2c1=O. The molecular weight excluding hydrogens is 306 g/mol. The highest BCUT2D eigenvalue weighted by atomic mass is 32.1. The molecule has 0 radical (unpaired) electrons. The quantitative estimate of drug-likeness (QED) is 0.866. The molecule has 0 unspecified atom stereocenters. The summed E-state index contributed by atoms with van der Waals surface area (Å²) in [7, 11) is 0. The zero-order chi connectivity index (χ0) is 16.3. The van der Waals surface area contributed by atoms with E-state index in [1.165, 1.54) is 26.8 Å². The van der Waals surface area contributed by atoms with Crippen LogP contribution in [0.2, 0.25) is 0 Å². The van der Waals surface area contributed by atoms with Gasteiger partial charge in [-0.05, 0) is 5.92 Å². The molecule has 1 amide bonds. The first kappa shape index (κ1) is 16.2. The van der Waals surface area contributed by atoms with Crippen LogP contribution >= 0.6 is 11.3 Å². The number of hydrogen-bond donors (Lipinski definition) is 1. The van der Waals surface area contributed by atoms with Crippen LogP contribution in [-0.2, 0) is 4.79 Å². The first-order valence-corrected chi connectivity index (χ1v) is 7.74. The predicted molar refractivity (Wildman–Crippen MR) is 82.3 cm³/mol. The van der Waals surface area contributed by atoms with Crippen LogP contribution in [0.25, 0.3) is 4.96 Å². The molecule has 22 heavy (non-hydrogen) atoms. The number of thiazole rings is 1. The fourth-order valence-corrected chi connectivity index (χ4v) is 2.76. The molecule has 1 N–H and O–H groups in total. The number of carboxylic acids is 1. The van der Waals surface area contributed by atoms with Crippen molar-refractivity contribution in [2.24, 2.45) is 5.92 Å². The van der Waals surface area contributed by atoms with Crippen molar-refractivity contribution in [2.75, 3.05) is 13.1 Å². The van der Waals surface area contributed by atoms with Crippen LogP contribution in [0.1, 0.15) is 30.6 Å². The molecule has 2 rings (SSSR count). The summed E-state index contributed by atoms with van der Waals surface area (Å²) in [5, 5.41) is 10.5. The molecule has 0 saturated carbocycles. The lowest BCUT2D eigenvalue weighted by molar-refractivity contribution is -0.137. The zero-order valence-electron chi connectivity index (χ0n) is 12.4. The van der Waals surface area contributed by atoms with E-state index in [0.717, 1.165) is 0 Å². The van der Waals surface area contributed by atoms with Gasteiger partial charge in [0.15, 0.2) is 4.96 Å². The Morgan fingerprint density at radius 3 is 2.82 bits per heavy atom. The smallest absolute Gasteiger partial charge is 0.305 e. The standard InChI is InChI=1S/C14H17N3O4S/c1-9(2)8-16(4-3-11(18)19)12(20)10-7-15-14-17(13(10)21)5-6-22-14/h5-7,9H,3-4,8H2,1-2H3,(H,18,19). The van der Waals surface area contributed by atoms with Gasteiger partial charge >= 0.3 is 5.97 Å². The van der Waals surface area contributed by atoms with Gasteiger partial charge in [-0.2, -0.15) is 0 Å². The zero-order valence-corrected chi connectivity index (χ0v) is 13.2. The minimum atomic E-state index is -0.982. The van der Waals surface area contributed by atoms with Crippen molar-refractivity contribution in [1.82, 2.24) is 14.3 Å². The molecular formula is C14H17N3O4S. The maximum Gasteiger partial charge on any atom is 0.305 e. The van der Waals surface area contributed by atoms with E-state index in [1.54, 1.807) is 11.6 Å². The number of fused-ring (bicyclic) bond motifs is 1. The topological polar surface area (TPSA) is 92.0 Å². The third kappa shape index (κ3) is 3.51. The Morgan fingerprint density at radius 2 is 2.18 bits per heavy atom. The number of nitrogens with zero attached hydrogens (tertiary/aromatic N) is 3. The van der Waals surface area contributed by atoms with Crippen molar-refractivity contribution < 1.29 is 14.7 Å². The van der Waals surface area contributed by atoms with Crippen LogP contribution < -0.4 is 5.56 Å². The van der Waals surface area contributed by atoms with Gasteiger partial charge in [0.05, 0.1) is 6.42 Å². The van der Waals surface area contributed by atoms with Gasteiger partial charge in [-0.15, -0.1) is 11.3 Å². The summed E-state index contributed by atoms with van der Waals surface area (Å²) in [6.07, 6.45) is 2.68. The van der Waals surface area contributed by atoms with Crippen molar-refractivity contribution in [3.05, 3.63) is 33.7 Å². The van der Waals surface area contributed by atoms with Gasteiger partial charge in [0.2, 0.25) is 0 Å². The molecule has 0 bridgehead atoms. The molecule has 0 spiro atoms. The monoisotopic (exact) mass is 323 g/mol. The summed E-state index contributed by atoms with van der Waals surface area (Å²) in [6.45, 7) is 4.30. The number of carbonyl (C=O) groups excluding carboxylic acids is 1. The highest BCUT2D eigenvalue weighted by Crippen LogP contribution is 2.09. The summed E-state index contributed by atoms with van der Waals surface area (Å²) in [5.74, 6) is -1.30. The van der Waals surface area contributed by atoms with E-state index in [9.17, 15) is 14.4 Å². The fraction of sp³-hybridized carbons (Fsp3) is 0.429. The Bertz CT molecular complexity index is 750. The molecule has 118 valence electrons. The molecule has 0 aliphatic heterocycles. The summed E-state index contributed by atoms with van der Waals surface area (Å²) >= 11 is 1.30. The van der Waals surface area contributed by atoms with Gasteiger partial charge in [-0.1, -0.05) is 13.8 Å². The highest BCUT2D eigenvalue weighted by molar-refractivity contribution is 7.15. The Kier molecular flexibility index (Phi) is 4.92. The highest BCUT2D eigenvalue weighted by Gasteiger charge is 2.22. The van der Waals surface area contributed by atoms with E-state index in [4.69, 9.17) is 5.11 Å². The van der Waals surface area contributed by atoms with Gasteiger partial charge in [-0.3, -0.25) is 18.8 Å². The third-order valence-corrected chi connectivity index (χ3v) is 3.81. The Morgan fingerprint density at radius 1 is 1.45 bits per heavy atom. The molecule has 2 aromatic heterocycles. The lowest BCUT2D eigenvalue weighted by Gasteiger charge is -2.23. The number of hydrogen-bond acceptors (Lipinski definition) is 5. The van der Waals surface area contributed by atoms with E-state index < -0.39 is 17.4 Å².